The van der Waals surface area contributed by atoms with Crippen LogP contribution in [-0.4, -0.2) is 42.2 Å². The van der Waals surface area contributed by atoms with E-state index in [1.165, 1.54) is 32.2 Å². The van der Waals surface area contributed by atoms with Gasteiger partial charge in [-0.25, -0.2) is 4.98 Å². The standard InChI is InChI=1S/C16H27N3O/c1-13(2)20-16-15(8-6-10-18-16)17-11-9-14-7-4-5-12-19(14)3/h6,8,10,13-14,17H,4-5,7,9,11-12H2,1-3H3. The van der Waals surface area contributed by atoms with Gasteiger partial charge in [0.15, 0.2) is 0 Å². The zero-order valence-electron chi connectivity index (χ0n) is 12.9. The zero-order valence-corrected chi connectivity index (χ0v) is 12.9. The Morgan fingerprint density at radius 1 is 1.45 bits per heavy atom. The quantitative estimate of drug-likeness (QED) is 0.866. The molecule has 0 bridgehead atoms. The highest BCUT2D eigenvalue weighted by Crippen LogP contribution is 2.23. The summed E-state index contributed by atoms with van der Waals surface area (Å²) in [5, 5.41) is 3.47. The average molecular weight is 277 g/mol. The Labute approximate surface area is 122 Å². The van der Waals surface area contributed by atoms with Crippen LogP contribution in [0.3, 0.4) is 0 Å². The first kappa shape index (κ1) is 15.1. The van der Waals surface area contributed by atoms with Gasteiger partial charge in [-0.1, -0.05) is 6.42 Å². The summed E-state index contributed by atoms with van der Waals surface area (Å²) < 4.78 is 5.72. The van der Waals surface area contributed by atoms with Crippen LogP contribution in [0.25, 0.3) is 0 Å². The van der Waals surface area contributed by atoms with Gasteiger partial charge in [-0.15, -0.1) is 0 Å². The third kappa shape index (κ3) is 4.37. The third-order valence-electron chi connectivity index (χ3n) is 3.83. The lowest BCUT2D eigenvalue weighted by atomic mass is 10.0. The van der Waals surface area contributed by atoms with Crippen LogP contribution in [0, 0.1) is 0 Å². The van der Waals surface area contributed by atoms with Gasteiger partial charge in [0.05, 0.1) is 11.8 Å². The molecule has 20 heavy (non-hydrogen) atoms. The Morgan fingerprint density at radius 3 is 3.05 bits per heavy atom. The largest absolute Gasteiger partial charge is 0.473 e. The van der Waals surface area contributed by atoms with Crippen LogP contribution in [0.2, 0.25) is 0 Å². The Morgan fingerprint density at radius 2 is 2.30 bits per heavy atom. The van der Waals surface area contributed by atoms with Gasteiger partial charge in [0.2, 0.25) is 5.88 Å². The van der Waals surface area contributed by atoms with Crippen molar-refractivity contribution in [3.8, 4) is 5.88 Å². The Balaban J connectivity index is 1.84. The molecule has 1 aliphatic heterocycles. The summed E-state index contributed by atoms with van der Waals surface area (Å²) in [5.41, 5.74) is 1.000. The fourth-order valence-corrected chi connectivity index (χ4v) is 2.72. The molecule has 1 aliphatic rings. The number of nitrogens with one attached hydrogen (secondary N) is 1. The minimum Gasteiger partial charge on any atom is -0.473 e. The Kier molecular flexibility index (Phi) is 5.65. The number of anilines is 1. The molecule has 0 aliphatic carbocycles. The van der Waals surface area contributed by atoms with Gasteiger partial charge in [-0.3, -0.25) is 0 Å². The van der Waals surface area contributed by atoms with Crippen molar-refractivity contribution in [3.05, 3.63) is 18.3 Å². The normalized spacial score (nSPS) is 20.1. The van der Waals surface area contributed by atoms with Crippen molar-refractivity contribution in [1.82, 2.24) is 9.88 Å². The van der Waals surface area contributed by atoms with Crippen molar-refractivity contribution in [1.29, 1.82) is 0 Å². The summed E-state index contributed by atoms with van der Waals surface area (Å²) in [7, 11) is 2.24. The molecule has 2 heterocycles. The van der Waals surface area contributed by atoms with Gasteiger partial charge < -0.3 is 15.0 Å². The first-order valence-electron chi connectivity index (χ1n) is 7.72. The molecule has 1 fully saturated rings. The zero-order chi connectivity index (χ0) is 14.4. The van der Waals surface area contributed by atoms with Crippen LogP contribution in [0.15, 0.2) is 18.3 Å². The number of piperidine rings is 1. The summed E-state index contributed by atoms with van der Waals surface area (Å²) in [6.07, 6.45) is 7.12. The van der Waals surface area contributed by atoms with Crippen molar-refractivity contribution >= 4 is 5.69 Å². The van der Waals surface area contributed by atoms with Gasteiger partial charge in [-0.2, -0.15) is 0 Å². The van der Waals surface area contributed by atoms with Crippen molar-refractivity contribution in [2.45, 2.75) is 51.7 Å². The molecule has 0 radical (unpaired) electrons. The molecule has 0 amide bonds. The van der Waals surface area contributed by atoms with E-state index in [0.29, 0.717) is 11.9 Å². The predicted octanol–water partition coefficient (Wildman–Crippen LogP) is 3.16. The van der Waals surface area contributed by atoms with Crippen LogP contribution in [-0.2, 0) is 0 Å². The molecule has 0 aromatic carbocycles. The van der Waals surface area contributed by atoms with Gasteiger partial charge in [-0.05, 0) is 58.8 Å². The molecule has 1 aromatic rings. The fraction of sp³-hybridized carbons (Fsp3) is 0.688. The Bertz CT molecular complexity index is 408. The van der Waals surface area contributed by atoms with Crippen molar-refractivity contribution < 1.29 is 4.74 Å². The number of rotatable bonds is 6. The molecule has 4 heteroatoms. The second kappa shape index (κ2) is 7.48. The number of hydrogen-bond acceptors (Lipinski definition) is 4. The van der Waals surface area contributed by atoms with E-state index in [-0.39, 0.29) is 6.10 Å². The lowest BCUT2D eigenvalue weighted by molar-refractivity contribution is 0.179. The SMILES string of the molecule is CC(C)Oc1ncccc1NCCC1CCCCN1C. The second-order valence-electron chi connectivity index (χ2n) is 5.87. The number of pyridine rings is 1. The molecule has 112 valence electrons. The molecule has 1 N–H and O–H groups in total. The Hall–Kier alpha value is -1.29. The maximum atomic E-state index is 5.72. The third-order valence-corrected chi connectivity index (χ3v) is 3.83. The topological polar surface area (TPSA) is 37.4 Å². The number of ether oxygens (including phenoxy) is 1. The van der Waals surface area contributed by atoms with Crippen molar-refractivity contribution in [3.63, 3.8) is 0 Å². The summed E-state index contributed by atoms with van der Waals surface area (Å²) in [5.74, 6) is 0.708. The molecule has 0 spiro atoms. The summed E-state index contributed by atoms with van der Waals surface area (Å²) in [4.78, 5) is 6.79. The molecule has 1 atom stereocenters. The van der Waals surface area contributed by atoms with Crippen LogP contribution >= 0.6 is 0 Å². The number of nitrogens with zero attached hydrogens (tertiary/aromatic N) is 2. The van der Waals surface area contributed by atoms with E-state index >= 15 is 0 Å². The molecule has 4 nitrogen and oxygen atoms in total. The summed E-state index contributed by atoms with van der Waals surface area (Å²) >= 11 is 0. The average Bonchev–Trinajstić information content (AvgIpc) is 2.42. The minimum atomic E-state index is 0.148. The van der Waals surface area contributed by atoms with E-state index in [2.05, 4.69) is 22.2 Å². The molecule has 1 aromatic heterocycles. The molecular formula is C16H27N3O. The van der Waals surface area contributed by atoms with E-state index in [1.807, 2.05) is 26.0 Å². The summed E-state index contributed by atoms with van der Waals surface area (Å²) in [6.45, 7) is 6.25. The highest BCUT2D eigenvalue weighted by Gasteiger charge is 2.18. The van der Waals surface area contributed by atoms with Gasteiger partial charge >= 0.3 is 0 Å². The van der Waals surface area contributed by atoms with E-state index < -0.39 is 0 Å². The number of hydrogen-bond donors (Lipinski definition) is 1. The lowest BCUT2D eigenvalue weighted by Gasteiger charge is -2.32. The van der Waals surface area contributed by atoms with E-state index in [9.17, 15) is 0 Å². The van der Waals surface area contributed by atoms with E-state index in [4.69, 9.17) is 4.74 Å². The maximum Gasteiger partial charge on any atom is 0.237 e. The number of aromatic nitrogens is 1. The summed E-state index contributed by atoms with van der Waals surface area (Å²) in [6, 6.07) is 4.69. The molecule has 2 rings (SSSR count). The van der Waals surface area contributed by atoms with Crippen LogP contribution in [0.5, 0.6) is 5.88 Å². The smallest absolute Gasteiger partial charge is 0.237 e. The van der Waals surface area contributed by atoms with Crippen LogP contribution < -0.4 is 10.1 Å². The lowest BCUT2D eigenvalue weighted by Crippen LogP contribution is -2.37. The van der Waals surface area contributed by atoms with Crippen LogP contribution in [0.1, 0.15) is 39.5 Å². The van der Waals surface area contributed by atoms with Gasteiger partial charge in [0.1, 0.15) is 0 Å². The predicted molar refractivity (Wildman–Crippen MR) is 83.4 cm³/mol. The van der Waals surface area contributed by atoms with Crippen LogP contribution in [0.4, 0.5) is 5.69 Å². The first-order chi connectivity index (χ1) is 9.66. The van der Waals surface area contributed by atoms with E-state index in [0.717, 1.165) is 12.2 Å². The molecular weight excluding hydrogens is 250 g/mol. The van der Waals surface area contributed by atoms with Gasteiger partial charge in [0.25, 0.3) is 0 Å². The highest BCUT2D eigenvalue weighted by molar-refractivity contribution is 5.52. The van der Waals surface area contributed by atoms with Crippen molar-refractivity contribution in [2.75, 3.05) is 25.5 Å². The monoisotopic (exact) mass is 277 g/mol. The minimum absolute atomic E-state index is 0.148. The molecule has 1 unspecified atom stereocenters. The highest BCUT2D eigenvalue weighted by atomic mass is 16.5. The maximum absolute atomic E-state index is 5.72. The number of likely N-dealkylation sites (tertiary alicyclic amines) is 1. The van der Waals surface area contributed by atoms with Gasteiger partial charge in [0, 0.05) is 18.8 Å². The molecule has 1 saturated heterocycles. The first-order valence-corrected chi connectivity index (χ1v) is 7.72. The fourth-order valence-electron chi connectivity index (χ4n) is 2.72. The second-order valence-corrected chi connectivity index (χ2v) is 5.87. The van der Waals surface area contributed by atoms with Crippen molar-refractivity contribution in [2.24, 2.45) is 0 Å². The molecule has 0 saturated carbocycles. The van der Waals surface area contributed by atoms with E-state index in [1.54, 1.807) is 6.20 Å².